The third-order valence-corrected chi connectivity index (χ3v) is 3.95. The number of para-hydroxylation sites is 1. The highest BCUT2D eigenvalue weighted by molar-refractivity contribution is 8.24. The Morgan fingerprint density at radius 1 is 1.28 bits per heavy atom. The van der Waals surface area contributed by atoms with Crippen molar-refractivity contribution >= 4 is 51.1 Å². The van der Waals surface area contributed by atoms with Crippen LogP contribution in [-0.2, 0) is 4.79 Å². The first-order valence-corrected chi connectivity index (χ1v) is 6.59. The van der Waals surface area contributed by atoms with Crippen LogP contribution in [0.1, 0.15) is 0 Å². The maximum Gasteiger partial charge on any atom is 0.245 e. The Hall–Kier alpha value is -1.66. The van der Waals surface area contributed by atoms with Crippen LogP contribution in [0.25, 0.3) is 11.0 Å². The molecule has 0 aliphatic carbocycles. The number of nitrogens with zero attached hydrogens (tertiary/aromatic N) is 1. The van der Waals surface area contributed by atoms with Crippen LogP contribution < -0.4 is 10.3 Å². The average Bonchev–Trinajstić information content (AvgIpc) is 2.69. The number of hydrogen-bond acceptors (Lipinski definition) is 5. The third-order valence-electron chi connectivity index (χ3n) is 2.59. The van der Waals surface area contributed by atoms with E-state index in [-0.39, 0.29) is 23.0 Å². The number of fused-ring (bicyclic) bond motifs is 1. The highest BCUT2D eigenvalue weighted by atomic mass is 32.2. The van der Waals surface area contributed by atoms with Crippen molar-refractivity contribution in [1.29, 1.82) is 0 Å². The summed E-state index contributed by atoms with van der Waals surface area (Å²) in [6, 6.07) is 8.22. The van der Waals surface area contributed by atoms with Gasteiger partial charge in [-0.05, 0) is 12.1 Å². The number of thioether (sulfide) groups is 1. The van der Waals surface area contributed by atoms with Crippen molar-refractivity contribution in [2.45, 2.75) is 0 Å². The number of amides is 1. The molecule has 1 aliphatic heterocycles. The van der Waals surface area contributed by atoms with Gasteiger partial charge in [-0.2, -0.15) is 0 Å². The van der Waals surface area contributed by atoms with E-state index in [1.807, 2.05) is 0 Å². The first-order chi connectivity index (χ1) is 8.66. The van der Waals surface area contributed by atoms with Crippen LogP contribution in [0.3, 0.4) is 0 Å². The number of carbonyl (C=O) groups excluding carboxylic acids is 1. The van der Waals surface area contributed by atoms with Crippen LogP contribution in [0, 0.1) is 0 Å². The molecule has 90 valence electrons. The molecule has 1 amide bonds. The molecular formula is C12H7NO3S2. The van der Waals surface area contributed by atoms with Gasteiger partial charge in [-0.25, -0.2) is 4.90 Å². The van der Waals surface area contributed by atoms with E-state index < -0.39 is 0 Å². The summed E-state index contributed by atoms with van der Waals surface area (Å²) >= 11 is 6.34. The molecule has 0 saturated carbocycles. The van der Waals surface area contributed by atoms with Gasteiger partial charge in [0.15, 0.2) is 9.75 Å². The molecule has 0 radical (unpaired) electrons. The molecule has 2 heterocycles. The van der Waals surface area contributed by atoms with Gasteiger partial charge in [-0.1, -0.05) is 36.1 Å². The highest BCUT2D eigenvalue weighted by Gasteiger charge is 2.30. The predicted molar refractivity (Wildman–Crippen MR) is 75.0 cm³/mol. The summed E-state index contributed by atoms with van der Waals surface area (Å²) in [5.74, 6) is 0.317. The Bertz CT molecular complexity index is 707. The molecule has 18 heavy (non-hydrogen) atoms. The average molecular weight is 277 g/mol. The fourth-order valence-electron chi connectivity index (χ4n) is 1.77. The summed E-state index contributed by atoms with van der Waals surface area (Å²) in [7, 11) is 0. The molecule has 1 aromatic carbocycles. The normalized spacial score (nSPS) is 15.7. The summed E-state index contributed by atoms with van der Waals surface area (Å²) in [6.07, 6.45) is 0. The van der Waals surface area contributed by atoms with Crippen molar-refractivity contribution in [1.82, 2.24) is 0 Å². The smallest absolute Gasteiger partial charge is 0.245 e. The van der Waals surface area contributed by atoms with Crippen LogP contribution in [0.15, 0.2) is 39.5 Å². The fraction of sp³-hybridized carbons (Fsp3) is 0.0833. The van der Waals surface area contributed by atoms with Crippen molar-refractivity contribution in [3.8, 4) is 0 Å². The highest BCUT2D eigenvalue weighted by Crippen LogP contribution is 2.27. The second-order valence-electron chi connectivity index (χ2n) is 3.73. The van der Waals surface area contributed by atoms with Crippen LogP contribution in [0.2, 0.25) is 0 Å². The van der Waals surface area contributed by atoms with Crippen molar-refractivity contribution in [2.75, 3.05) is 10.7 Å². The molecule has 6 heteroatoms. The Labute approximate surface area is 112 Å². The van der Waals surface area contributed by atoms with Crippen molar-refractivity contribution in [3.63, 3.8) is 0 Å². The van der Waals surface area contributed by atoms with Crippen molar-refractivity contribution in [3.05, 3.63) is 40.6 Å². The summed E-state index contributed by atoms with van der Waals surface area (Å²) < 4.78 is 5.99. The lowest BCUT2D eigenvalue weighted by molar-refractivity contribution is -0.115. The van der Waals surface area contributed by atoms with Gasteiger partial charge in [0.25, 0.3) is 0 Å². The second kappa shape index (κ2) is 4.22. The Morgan fingerprint density at radius 2 is 2.06 bits per heavy atom. The van der Waals surface area contributed by atoms with Gasteiger partial charge >= 0.3 is 0 Å². The van der Waals surface area contributed by atoms with Gasteiger partial charge in [-0.3, -0.25) is 9.59 Å². The molecule has 3 rings (SSSR count). The minimum atomic E-state index is -0.181. The summed E-state index contributed by atoms with van der Waals surface area (Å²) in [5.41, 5.74) is 0.270. The first kappa shape index (κ1) is 11.4. The number of hydrogen-bond donors (Lipinski definition) is 0. The molecule has 0 N–H and O–H groups in total. The molecule has 0 unspecified atom stereocenters. The standard InChI is InChI=1S/C12H7NO3S2/c14-8-5-11(13-10(15)6-18-12(13)17)16-9-4-2-1-3-7(8)9/h1-5H,6H2. The van der Waals surface area contributed by atoms with Crippen LogP contribution in [-0.4, -0.2) is 16.0 Å². The van der Waals surface area contributed by atoms with Crippen LogP contribution >= 0.6 is 24.0 Å². The molecule has 1 saturated heterocycles. The summed E-state index contributed by atoms with van der Waals surface area (Å²) in [6.45, 7) is 0. The number of thiocarbonyl (C=S) groups is 1. The maximum atomic E-state index is 11.9. The predicted octanol–water partition coefficient (Wildman–Crippen LogP) is 2.16. The SMILES string of the molecule is O=C1CSC(=S)N1c1cc(=O)c2ccccc2o1. The van der Waals surface area contributed by atoms with Crippen LogP contribution in [0.4, 0.5) is 5.88 Å². The number of benzene rings is 1. The third kappa shape index (κ3) is 1.74. The number of carbonyl (C=O) groups is 1. The Kier molecular flexibility index (Phi) is 2.68. The van der Waals surface area contributed by atoms with E-state index in [9.17, 15) is 9.59 Å². The van der Waals surface area contributed by atoms with Gasteiger partial charge in [0.1, 0.15) is 5.58 Å². The largest absolute Gasteiger partial charge is 0.439 e. The molecule has 1 aliphatic rings. The van der Waals surface area contributed by atoms with E-state index in [4.69, 9.17) is 16.6 Å². The Morgan fingerprint density at radius 3 is 2.78 bits per heavy atom. The first-order valence-electron chi connectivity index (χ1n) is 5.19. The van der Waals surface area contributed by atoms with Crippen molar-refractivity contribution in [2.24, 2.45) is 0 Å². The number of rotatable bonds is 1. The van der Waals surface area contributed by atoms with E-state index in [0.29, 0.717) is 15.3 Å². The van der Waals surface area contributed by atoms with E-state index in [0.717, 1.165) is 0 Å². The maximum absolute atomic E-state index is 11.9. The number of anilines is 1. The van der Waals surface area contributed by atoms with Gasteiger partial charge in [0.2, 0.25) is 11.8 Å². The molecule has 0 spiro atoms. The molecule has 4 nitrogen and oxygen atoms in total. The summed E-state index contributed by atoms with van der Waals surface area (Å²) in [4.78, 5) is 24.9. The summed E-state index contributed by atoms with van der Waals surface area (Å²) in [5, 5.41) is 0.492. The minimum absolute atomic E-state index is 0.163. The lowest BCUT2D eigenvalue weighted by Crippen LogP contribution is -2.28. The molecule has 2 aromatic rings. The van der Waals surface area contributed by atoms with Gasteiger partial charge in [0.05, 0.1) is 11.1 Å². The quantitative estimate of drug-likeness (QED) is 0.748. The van der Waals surface area contributed by atoms with E-state index in [1.54, 1.807) is 24.3 Å². The van der Waals surface area contributed by atoms with E-state index in [1.165, 1.54) is 22.7 Å². The molecule has 0 bridgehead atoms. The van der Waals surface area contributed by atoms with Gasteiger partial charge in [0, 0.05) is 6.07 Å². The zero-order valence-electron chi connectivity index (χ0n) is 9.08. The molecule has 1 aromatic heterocycles. The zero-order valence-corrected chi connectivity index (χ0v) is 10.7. The minimum Gasteiger partial charge on any atom is -0.439 e. The van der Waals surface area contributed by atoms with E-state index >= 15 is 0 Å². The van der Waals surface area contributed by atoms with Crippen molar-refractivity contribution < 1.29 is 9.21 Å². The molecule has 1 fully saturated rings. The lowest BCUT2D eigenvalue weighted by atomic mass is 10.2. The van der Waals surface area contributed by atoms with E-state index in [2.05, 4.69) is 0 Å². The second-order valence-corrected chi connectivity index (χ2v) is 5.34. The zero-order chi connectivity index (χ0) is 12.7. The molecular weight excluding hydrogens is 270 g/mol. The Balaban J connectivity index is 2.22. The topological polar surface area (TPSA) is 50.5 Å². The fourth-order valence-corrected chi connectivity index (χ4v) is 2.83. The molecule has 0 atom stereocenters. The van der Waals surface area contributed by atoms with Crippen LogP contribution in [0.5, 0.6) is 0 Å². The lowest BCUT2D eigenvalue weighted by Gasteiger charge is -2.13. The van der Waals surface area contributed by atoms with Gasteiger partial charge < -0.3 is 4.42 Å². The van der Waals surface area contributed by atoms with Gasteiger partial charge in [-0.15, -0.1) is 0 Å². The monoisotopic (exact) mass is 277 g/mol.